The average molecular weight is 370 g/mol. The molecule has 4 rings (SSSR count). The Morgan fingerprint density at radius 3 is 2.37 bits per heavy atom. The van der Waals surface area contributed by atoms with Gasteiger partial charge >= 0.3 is 0 Å². The molecule has 0 aromatic heterocycles. The van der Waals surface area contributed by atoms with Crippen LogP contribution in [0.25, 0.3) is 0 Å². The summed E-state index contributed by atoms with van der Waals surface area (Å²) < 4.78 is 5.81. The highest BCUT2D eigenvalue weighted by molar-refractivity contribution is 6.05. The second-order valence-corrected chi connectivity index (χ2v) is 7.69. The molecule has 144 valence electrons. The lowest BCUT2D eigenvalue weighted by Gasteiger charge is -2.33. The van der Waals surface area contributed by atoms with Gasteiger partial charge in [-0.3, -0.25) is 19.3 Å². The van der Waals surface area contributed by atoms with Gasteiger partial charge in [0.2, 0.25) is 17.7 Å². The molecule has 6 nitrogen and oxygen atoms in total. The zero-order valence-corrected chi connectivity index (χ0v) is 15.5. The molecule has 3 amide bonds. The van der Waals surface area contributed by atoms with Crippen LogP contribution in [0.5, 0.6) is 0 Å². The zero-order chi connectivity index (χ0) is 18.8. The molecular formula is C21H26N2O4. The first-order valence-corrected chi connectivity index (χ1v) is 9.94. The normalized spacial score (nSPS) is 28.4. The number of hydrogen-bond acceptors (Lipinski definition) is 4. The predicted octanol–water partition coefficient (Wildman–Crippen LogP) is 2.15. The van der Waals surface area contributed by atoms with E-state index in [-0.39, 0.29) is 48.6 Å². The molecule has 27 heavy (non-hydrogen) atoms. The molecule has 3 atom stereocenters. The van der Waals surface area contributed by atoms with Crippen LogP contribution in [0.3, 0.4) is 0 Å². The lowest BCUT2D eigenvalue weighted by Crippen LogP contribution is -2.44. The van der Waals surface area contributed by atoms with Crippen molar-refractivity contribution in [3.63, 3.8) is 0 Å². The van der Waals surface area contributed by atoms with Crippen LogP contribution in [0.4, 0.5) is 0 Å². The van der Waals surface area contributed by atoms with Gasteiger partial charge in [0, 0.05) is 19.5 Å². The molecule has 2 saturated heterocycles. The van der Waals surface area contributed by atoms with E-state index < -0.39 is 0 Å². The van der Waals surface area contributed by atoms with E-state index in [1.165, 1.54) is 4.90 Å². The quantitative estimate of drug-likeness (QED) is 0.762. The topological polar surface area (TPSA) is 66.9 Å². The van der Waals surface area contributed by atoms with Crippen LogP contribution in [0.1, 0.15) is 43.8 Å². The Kier molecular flexibility index (Phi) is 5.25. The fraction of sp³-hybridized carbons (Fsp3) is 0.571. The van der Waals surface area contributed by atoms with Crippen molar-refractivity contribution < 1.29 is 19.1 Å². The lowest BCUT2D eigenvalue weighted by atomic mass is 9.81. The Balaban J connectivity index is 1.34. The number of rotatable bonds is 4. The first kappa shape index (κ1) is 18.2. The van der Waals surface area contributed by atoms with Crippen LogP contribution in [0.15, 0.2) is 30.3 Å². The smallest absolute Gasteiger partial charge is 0.233 e. The molecule has 0 radical (unpaired) electrons. The first-order chi connectivity index (χ1) is 13.1. The molecule has 0 N–H and O–H groups in total. The van der Waals surface area contributed by atoms with Crippen molar-refractivity contribution >= 4 is 17.7 Å². The van der Waals surface area contributed by atoms with Gasteiger partial charge in [-0.1, -0.05) is 43.2 Å². The Morgan fingerprint density at radius 2 is 1.70 bits per heavy atom. The molecule has 2 aliphatic heterocycles. The Labute approximate surface area is 159 Å². The number of carbonyl (C=O) groups excluding carboxylic acids is 3. The number of amides is 3. The summed E-state index contributed by atoms with van der Waals surface area (Å²) in [5.74, 6) is -0.447. The number of nitrogens with zero attached hydrogens (tertiary/aromatic N) is 2. The zero-order valence-electron chi connectivity index (χ0n) is 15.5. The van der Waals surface area contributed by atoms with E-state index in [2.05, 4.69) is 0 Å². The maximum atomic E-state index is 12.7. The third kappa shape index (κ3) is 3.63. The minimum Gasteiger partial charge on any atom is -0.370 e. The Hall–Kier alpha value is -2.21. The summed E-state index contributed by atoms with van der Waals surface area (Å²) in [4.78, 5) is 40.9. The number of morpholine rings is 1. The Bertz CT molecular complexity index is 696. The third-order valence-electron chi connectivity index (χ3n) is 6.07. The fourth-order valence-corrected chi connectivity index (χ4v) is 4.56. The van der Waals surface area contributed by atoms with Crippen molar-refractivity contribution in [2.24, 2.45) is 11.8 Å². The van der Waals surface area contributed by atoms with E-state index in [9.17, 15) is 14.4 Å². The maximum absolute atomic E-state index is 12.7. The van der Waals surface area contributed by atoms with Gasteiger partial charge in [-0.15, -0.1) is 0 Å². The molecule has 1 saturated carbocycles. The first-order valence-electron chi connectivity index (χ1n) is 9.94. The number of ether oxygens (including phenoxy) is 1. The van der Waals surface area contributed by atoms with Crippen LogP contribution in [-0.2, 0) is 19.1 Å². The van der Waals surface area contributed by atoms with E-state index in [0.29, 0.717) is 19.7 Å². The maximum Gasteiger partial charge on any atom is 0.233 e. The van der Waals surface area contributed by atoms with Crippen molar-refractivity contribution in [1.29, 1.82) is 0 Å². The summed E-state index contributed by atoms with van der Waals surface area (Å²) in [6.07, 6.45) is 3.72. The second-order valence-electron chi connectivity index (χ2n) is 7.69. The number of likely N-dealkylation sites (tertiary alicyclic amines) is 1. The van der Waals surface area contributed by atoms with E-state index >= 15 is 0 Å². The highest BCUT2D eigenvalue weighted by atomic mass is 16.5. The summed E-state index contributed by atoms with van der Waals surface area (Å²) in [5, 5.41) is 0. The molecule has 1 aromatic rings. The minimum atomic E-state index is -0.146. The predicted molar refractivity (Wildman–Crippen MR) is 98.5 cm³/mol. The van der Waals surface area contributed by atoms with Gasteiger partial charge in [-0.05, 0) is 18.4 Å². The van der Waals surface area contributed by atoms with Crippen molar-refractivity contribution in [2.75, 3.05) is 26.2 Å². The van der Waals surface area contributed by atoms with Gasteiger partial charge in [-0.2, -0.15) is 0 Å². The minimum absolute atomic E-state index is 0.0188. The van der Waals surface area contributed by atoms with Crippen molar-refractivity contribution in [3.8, 4) is 0 Å². The fourth-order valence-electron chi connectivity index (χ4n) is 4.56. The SMILES string of the molecule is O=C(CCN1C(=O)[C@H]2CCCC[C@H]2C1=O)N1CCO[C@H](c2ccccc2)C1. The van der Waals surface area contributed by atoms with Gasteiger partial charge in [0.15, 0.2) is 0 Å². The van der Waals surface area contributed by atoms with Crippen LogP contribution < -0.4 is 0 Å². The third-order valence-corrected chi connectivity index (χ3v) is 6.07. The molecule has 1 aliphatic carbocycles. The van der Waals surface area contributed by atoms with Crippen molar-refractivity contribution in [3.05, 3.63) is 35.9 Å². The van der Waals surface area contributed by atoms with Gasteiger partial charge in [0.25, 0.3) is 0 Å². The van der Waals surface area contributed by atoms with Crippen molar-refractivity contribution in [2.45, 2.75) is 38.2 Å². The average Bonchev–Trinajstić information content (AvgIpc) is 2.97. The molecule has 1 aromatic carbocycles. The summed E-state index contributed by atoms with van der Waals surface area (Å²) in [6.45, 7) is 1.76. The molecule has 3 aliphatic rings. The van der Waals surface area contributed by atoms with Crippen LogP contribution >= 0.6 is 0 Å². The number of fused-ring (bicyclic) bond motifs is 1. The molecule has 6 heteroatoms. The van der Waals surface area contributed by atoms with Gasteiger partial charge in [0.05, 0.1) is 25.0 Å². The summed E-state index contributed by atoms with van der Waals surface area (Å²) in [6, 6.07) is 9.88. The molecule has 3 fully saturated rings. The molecule has 2 heterocycles. The van der Waals surface area contributed by atoms with Gasteiger partial charge < -0.3 is 9.64 Å². The second kappa shape index (κ2) is 7.80. The molecule has 0 unspecified atom stereocenters. The van der Waals surface area contributed by atoms with Crippen LogP contribution in [0, 0.1) is 11.8 Å². The van der Waals surface area contributed by atoms with E-state index in [1.807, 2.05) is 30.3 Å². The number of benzene rings is 1. The highest BCUT2D eigenvalue weighted by Crippen LogP contribution is 2.38. The van der Waals surface area contributed by atoms with Crippen LogP contribution in [0.2, 0.25) is 0 Å². The molecular weight excluding hydrogens is 344 g/mol. The van der Waals surface area contributed by atoms with E-state index in [1.54, 1.807) is 4.90 Å². The van der Waals surface area contributed by atoms with Crippen LogP contribution in [-0.4, -0.2) is 53.8 Å². The molecule has 0 spiro atoms. The summed E-state index contributed by atoms with van der Waals surface area (Å²) >= 11 is 0. The lowest BCUT2D eigenvalue weighted by molar-refractivity contribution is -0.142. The van der Waals surface area contributed by atoms with E-state index in [0.717, 1.165) is 31.2 Å². The number of carbonyl (C=O) groups is 3. The standard InChI is InChI=1S/C21H26N2O4/c24-19(22-12-13-27-18(14-22)15-6-2-1-3-7-15)10-11-23-20(25)16-8-4-5-9-17(16)21(23)26/h1-3,6-7,16-18H,4-5,8-14H2/t16-,17+,18-/m0/s1. The Morgan fingerprint density at radius 1 is 1.04 bits per heavy atom. The summed E-state index contributed by atoms with van der Waals surface area (Å²) in [7, 11) is 0. The largest absolute Gasteiger partial charge is 0.370 e. The number of imide groups is 1. The summed E-state index contributed by atoms with van der Waals surface area (Å²) in [5.41, 5.74) is 1.06. The van der Waals surface area contributed by atoms with Crippen molar-refractivity contribution in [1.82, 2.24) is 9.80 Å². The van der Waals surface area contributed by atoms with E-state index in [4.69, 9.17) is 4.74 Å². The monoisotopic (exact) mass is 370 g/mol. The van der Waals surface area contributed by atoms with Gasteiger partial charge in [-0.25, -0.2) is 0 Å². The highest BCUT2D eigenvalue weighted by Gasteiger charge is 2.47. The molecule has 0 bridgehead atoms. The van der Waals surface area contributed by atoms with Gasteiger partial charge in [0.1, 0.15) is 6.10 Å². The number of hydrogen-bond donors (Lipinski definition) is 0.